The van der Waals surface area contributed by atoms with E-state index < -0.39 is 21.7 Å². The van der Waals surface area contributed by atoms with Crippen LogP contribution in [0.15, 0.2) is 54.6 Å². The highest BCUT2D eigenvalue weighted by Gasteiger charge is 2.34. The van der Waals surface area contributed by atoms with Crippen LogP contribution < -0.4 is 10.6 Å². The van der Waals surface area contributed by atoms with Crippen LogP contribution in [0.5, 0.6) is 0 Å². The summed E-state index contributed by atoms with van der Waals surface area (Å²) >= 11 is 6.09. The Morgan fingerprint density at radius 3 is 2.58 bits per heavy atom. The third-order valence-corrected chi connectivity index (χ3v) is 7.04. The summed E-state index contributed by atoms with van der Waals surface area (Å²) in [7, 11) is -3.35. The molecule has 1 aliphatic heterocycles. The number of amides is 2. The van der Waals surface area contributed by atoms with Crippen molar-refractivity contribution in [1.29, 1.82) is 0 Å². The molecule has 2 aromatic carbocycles. The van der Waals surface area contributed by atoms with Crippen LogP contribution in [0.4, 0.5) is 5.82 Å². The van der Waals surface area contributed by atoms with Gasteiger partial charge in [-0.3, -0.25) is 9.59 Å². The van der Waals surface area contributed by atoms with Crippen molar-refractivity contribution in [3.8, 4) is 5.69 Å². The van der Waals surface area contributed by atoms with Gasteiger partial charge in [0, 0.05) is 16.6 Å². The molecule has 1 atom stereocenters. The van der Waals surface area contributed by atoms with E-state index in [1.54, 1.807) is 24.3 Å². The fourth-order valence-corrected chi connectivity index (χ4v) is 5.40. The molecule has 2 N–H and O–H groups in total. The van der Waals surface area contributed by atoms with Crippen molar-refractivity contribution < 1.29 is 18.0 Å². The monoisotopic (exact) mass is 486 g/mol. The van der Waals surface area contributed by atoms with E-state index in [1.165, 1.54) is 4.68 Å². The average Bonchev–Trinajstić information content (AvgIpc) is 3.25. The second-order valence-electron chi connectivity index (χ2n) is 8.05. The van der Waals surface area contributed by atoms with Gasteiger partial charge in [-0.2, -0.15) is 5.10 Å². The highest BCUT2D eigenvalue weighted by atomic mass is 35.5. The zero-order valence-electron chi connectivity index (χ0n) is 17.9. The van der Waals surface area contributed by atoms with E-state index >= 15 is 0 Å². The van der Waals surface area contributed by atoms with Gasteiger partial charge >= 0.3 is 11.8 Å². The SMILES string of the molecule is CC(CCc1ccccc1)NC(=O)C(=O)Nc1c2c(nn1-c1cccc(Cl)c1)CS(=O)(=O)C2. The minimum absolute atomic E-state index is 0.158. The van der Waals surface area contributed by atoms with E-state index in [-0.39, 0.29) is 23.4 Å². The first-order valence-electron chi connectivity index (χ1n) is 10.4. The van der Waals surface area contributed by atoms with E-state index in [9.17, 15) is 18.0 Å². The van der Waals surface area contributed by atoms with Crippen LogP contribution in [0, 0.1) is 0 Å². The molecule has 10 heteroatoms. The van der Waals surface area contributed by atoms with Gasteiger partial charge in [0.15, 0.2) is 9.84 Å². The third kappa shape index (κ3) is 5.43. The maximum absolute atomic E-state index is 12.7. The fourth-order valence-electron chi connectivity index (χ4n) is 3.72. The summed E-state index contributed by atoms with van der Waals surface area (Å²) in [6.45, 7) is 1.83. The Hall–Kier alpha value is -3.17. The second kappa shape index (κ2) is 9.36. The number of anilines is 1. The predicted octanol–water partition coefficient (Wildman–Crippen LogP) is 3.03. The number of carbonyl (C=O) groups is 2. The van der Waals surface area contributed by atoms with Crippen molar-refractivity contribution in [2.75, 3.05) is 5.32 Å². The molecule has 0 radical (unpaired) electrons. The molecule has 0 saturated carbocycles. The number of carbonyl (C=O) groups excluding carboxylic acids is 2. The second-order valence-corrected chi connectivity index (χ2v) is 10.6. The number of sulfone groups is 1. The average molecular weight is 487 g/mol. The Labute approximate surface area is 196 Å². The van der Waals surface area contributed by atoms with Gasteiger partial charge in [0.2, 0.25) is 0 Å². The standard InChI is InChI=1S/C23H23ClN4O4S/c1-15(10-11-16-6-3-2-4-7-16)25-22(29)23(30)26-21-19-13-33(31,32)14-20(19)27-28(21)18-9-5-8-17(24)12-18/h2-9,12,15H,10-11,13-14H2,1H3,(H,25,29)(H,26,30). The van der Waals surface area contributed by atoms with Gasteiger partial charge in [-0.15, -0.1) is 0 Å². The molecule has 0 saturated heterocycles. The molecule has 2 heterocycles. The van der Waals surface area contributed by atoms with Gasteiger partial charge in [-0.05, 0) is 43.5 Å². The number of aryl methyl sites for hydroxylation is 1. The summed E-state index contributed by atoms with van der Waals surface area (Å²) in [6, 6.07) is 16.4. The largest absolute Gasteiger partial charge is 0.345 e. The first kappa shape index (κ1) is 23.0. The van der Waals surface area contributed by atoms with E-state index in [0.717, 1.165) is 12.0 Å². The molecular formula is C23H23ClN4O4S. The molecule has 0 spiro atoms. The number of benzene rings is 2. The van der Waals surface area contributed by atoms with Gasteiger partial charge in [0.05, 0.1) is 22.9 Å². The summed E-state index contributed by atoms with van der Waals surface area (Å²) in [4.78, 5) is 25.2. The topological polar surface area (TPSA) is 110 Å². The normalized spacial score (nSPS) is 15.0. The van der Waals surface area contributed by atoms with Gasteiger partial charge in [-0.25, -0.2) is 13.1 Å². The number of nitrogens with one attached hydrogen (secondary N) is 2. The lowest BCUT2D eigenvalue weighted by Crippen LogP contribution is -2.41. The highest BCUT2D eigenvalue weighted by molar-refractivity contribution is 7.90. The Bertz CT molecular complexity index is 1310. The molecule has 2 amide bonds. The number of halogens is 1. The van der Waals surface area contributed by atoms with Crippen LogP contribution >= 0.6 is 11.6 Å². The van der Waals surface area contributed by atoms with E-state index in [2.05, 4.69) is 15.7 Å². The van der Waals surface area contributed by atoms with Crippen molar-refractivity contribution in [3.63, 3.8) is 0 Å². The molecule has 0 fully saturated rings. The number of fused-ring (bicyclic) bond motifs is 1. The molecule has 1 aromatic heterocycles. The predicted molar refractivity (Wildman–Crippen MR) is 126 cm³/mol. The minimum atomic E-state index is -3.35. The first-order valence-corrected chi connectivity index (χ1v) is 12.6. The van der Waals surface area contributed by atoms with Crippen LogP contribution in [0.1, 0.15) is 30.2 Å². The summed E-state index contributed by atoms with van der Waals surface area (Å²) in [5.41, 5.74) is 2.42. The van der Waals surface area contributed by atoms with Crippen LogP contribution in [-0.2, 0) is 37.4 Å². The Morgan fingerprint density at radius 1 is 1.09 bits per heavy atom. The van der Waals surface area contributed by atoms with Gasteiger partial charge in [0.25, 0.3) is 0 Å². The number of aromatic nitrogens is 2. The lowest BCUT2D eigenvalue weighted by Gasteiger charge is -2.15. The van der Waals surface area contributed by atoms with Gasteiger partial charge in [-0.1, -0.05) is 48.0 Å². The maximum atomic E-state index is 12.7. The van der Waals surface area contributed by atoms with Crippen LogP contribution in [0.3, 0.4) is 0 Å². The summed E-state index contributed by atoms with van der Waals surface area (Å²) < 4.78 is 25.6. The summed E-state index contributed by atoms with van der Waals surface area (Å²) in [6.07, 6.45) is 1.42. The van der Waals surface area contributed by atoms with Crippen LogP contribution in [0.2, 0.25) is 5.02 Å². The lowest BCUT2D eigenvalue weighted by molar-refractivity contribution is -0.136. The molecule has 8 nitrogen and oxygen atoms in total. The zero-order valence-corrected chi connectivity index (χ0v) is 19.5. The molecule has 0 aliphatic carbocycles. The summed E-state index contributed by atoms with van der Waals surface area (Å²) in [5.74, 6) is -2.01. The molecule has 1 unspecified atom stereocenters. The van der Waals surface area contributed by atoms with Gasteiger partial charge < -0.3 is 10.6 Å². The third-order valence-electron chi connectivity index (χ3n) is 5.36. The molecule has 3 aromatic rings. The molecule has 0 bridgehead atoms. The zero-order chi connectivity index (χ0) is 23.6. The fraction of sp³-hybridized carbons (Fsp3) is 0.261. The van der Waals surface area contributed by atoms with E-state index in [0.29, 0.717) is 28.4 Å². The highest BCUT2D eigenvalue weighted by Crippen LogP contribution is 2.33. The number of hydrogen-bond donors (Lipinski definition) is 2. The molecule has 1 aliphatic rings. The van der Waals surface area contributed by atoms with Crippen molar-refractivity contribution in [1.82, 2.24) is 15.1 Å². The first-order chi connectivity index (χ1) is 15.7. The molecule has 4 rings (SSSR count). The van der Waals surface area contributed by atoms with Crippen LogP contribution in [0.25, 0.3) is 5.69 Å². The number of nitrogens with zero attached hydrogens (tertiary/aromatic N) is 2. The van der Waals surface area contributed by atoms with Crippen molar-refractivity contribution in [3.05, 3.63) is 76.4 Å². The Kier molecular flexibility index (Phi) is 6.53. The van der Waals surface area contributed by atoms with E-state index in [4.69, 9.17) is 11.6 Å². The minimum Gasteiger partial charge on any atom is -0.345 e. The number of hydrogen-bond acceptors (Lipinski definition) is 5. The van der Waals surface area contributed by atoms with Crippen LogP contribution in [-0.4, -0.2) is 36.1 Å². The molecule has 172 valence electrons. The molecular weight excluding hydrogens is 464 g/mol. The van der Waals surface area contributed by atoms with Crippen molar-refractivity contribution in [2.24, 2.45) is 0 Å². The Morgan fingerprint density at radius 2 is 1.85 bits per heavy atom. The maximum Gasteiger partial charge on any atom is 0.314 e. The van der Waals surface area contributed by atoms with Crippen molar-refractivity contribution >= 4 is 39.1 Å². The smallest absolute Gasteiger partial charge is 0.314 e. The quantitative estimate of drug-likeness (QED) is 0.520. The Balaban J connectivity index is 1.49. The molecule has 33 heavy (non-hydrogen) atoms. The lowest BCUT2D eigenvalue weighted by atomic mass is 10.1. The number of rotatable bonds is 6. The van der Waals surface area contributed by atoms with E-state index in [1.807, 2.05) is 37.3 Å². The summed E-state index contributed by atoms with van der Waals surface area (Å²) in [5, 5.41) is 10.1. The van der Waals surface area contributed by atoms with Crippen molar-refractivity contribution in [2.45, 2.75) is 37.3 Å². The van der Waals surface area contributed by atoms with Gasteiger partial charge in [0.1, 0.15) is 5.82 Å².